The van der Waals surface area contributed by atoms with E-state index in [1.54, 1.807) is 12.1 Å². The molecule has 8 nitrogen and oxygen atoms in total. The van der Waals surface area contributed by atoms with Crippen molar-refractivity contribution in [2.45, 2.75) is 31.4 Å². The summed E-state index contributed by atoms with van der Waals surface area (Å²) < 4.78 is 24.9. The van der Waals surface area contributed by atoms with Crippen LogP contribution in [0.15, 0.2) is 36.4 Å². The van der Waals surface area contributed by atoms with Gasteiger partial charge in [0.05, 0.1) is 19.1 Å². The third-order valence-electron chi connectivity index (χ3n) is 5.19. The molecule has 2 aromatic rings. The maximum Gasteiger partial charge on any atom is 0.303 e. The molecule has 0 saturated heterocycles. The number of rotatable bonds is 9. The molecule has 160 valence electrons. The number of fused-ring (bicyclic) bond motifs is 1. The molecule has 10 heteroatoms. The van der Waals surface area contributed by atoms with Gasteiger partial charge in [0.15, 0.2) is 0 Å². The van der Waals surface area contributed by atoms with Gasteiger partial charge in [-0.1, -0.05) is 6.07 Å². The number of carboxylic acid groups (broad SMARTS) is 1. The van der Waals surface area contributed by atoms with Gasteiger partial charge in [0.25, 0.3) is 5.91 Å². The van der Waals surface area contributed by atoms with Crippen LogP contribution >= 0.6 is 0 Å². The number of hydrogen-bond acceptors (Lipinski definition) is 5. The summed E-state index contributed by atoms with van der Waals surface area (Å²) >= 11 is 0. The van der Waals surface area contributed by atoms with Gasteiger partial charge in [-0.3, -0.25) is 14.4 Å². The van der Waals surface area contributed by atoms with Gasteiger partial charge in [-0.25, -0.2) is 4.39 Å². The van der Waals surface area contributed by atoms with E-state index in [-0.39, 0.29) is 30.7 Å². The molecule has 0 saturated carbocycles. The molecule has 1 aliphatic rings. The van der Waals surface area contributed by atoms with Crippen molar-refractivity contribution < 1.29 is 33.4 Å². The van der Waals surface area contributed by atoms with E-state index >= 15 is 0 Å². The van der Waals surface area contributed by atoms with Crippen molar-refractivity contribution in [1.82, 2.24) is 4.90 Å². The number of primary amides is 1. The lowest BCUT2D eigenvalue weighted by molar-refractivity contribution is -0.137. The third-order valence-corrected chi connectivity index (χ3v) is 5.19. The molecule has 0 aromatic heterocycles. The fourth-order valence-corrected chi connectivity index (χ4v) is 3.39. The molecule has 0 aliphatic carbocycles. The number of carbonyl (C=O) groups excluding carboxylic acids is 2. The summed E-state index contributed by atoms with van der Waals surface area (Å²) in [6.07, 6.45) is -0.791. The lowest BCUT2D eigenvalue weighted by Crippen LogP contribution is -2.58. The SMILES string of the molecule is [B][C@@](CCC(=O)O)(C(N)=O)N1Cc2c(OCc3cc(OC)ccc3F)cccc2C1=O. The Hall–Kier alpha value is -3.56. The van der Waals surface area contributed by atoms with Crippen molar-refractivity contribution in [3.05, 3.63) is 58.9 Å². The van der Waals surface area contributed by atoms with E-state index in [0.717, 1.165) is 4.90 Å². The summed E-state index contributed by atoms with van der Waals surface area (Å²) in [6.45, 7) is -0.236. The molecule has 1 aliphatic heterocycles. The number of amides is 2. The molecular weight excluding hydrogens is 406 g/mol. The Balaban J connectivity index is 1.86. The van der Waals surface area contributed by atoms with Crippen LogP contribution in [0.2, 0.25) is 0 Å². The topological polar surface area (TPSA) is 119 Å². The number of carboxylic acids is 1. The predicted octanol–water partition coefficient (Wildman–Crippen LogP) is 1.58. The van der Waals surface area contributed by atoms with Gasteiger partial charge in [0, 0.05) is 23.1 Å². The normalized spacial score (nSPS) is 14.6. The third kappa shape index (κ3) is 4.33. The molecule has 31 heavy (non-hydrogen) atoms. The van der Waals surface area contributed by atoms with Gasteiger partial charge in [-0.05, 0) is 36.8 Å². The van der Waals surface area contributed by atoms with E-state index in [1.807, 2.05) is 0 Å². The van der Waals surface area contributed by atoms with E-state index in [9.17, 15) is 18.8 Å². The fraction of sp³-hybridized carbons (Fsp3) is 0.286. The highest BCUT2D eigenvalue weighted by atomic mass is 19.1. The molecule has 0 bridgehead atoms. The Bertz CT molecular complexity index is 1050. The van der Waals surface area contributed by atoms with Crippen LogP contribution in [0.1, 0.15) is 34.3 Å². The molecule has 2 amide bonds. The van der Waals surface area contributed by atoms with Crippen molar-refractivity contribution in [3.8, 4) is 11.5 Å². The first-order chi connectivity index (χ1) is 14.7. The van der Waals surface area contributed by atoms with E-state index in [4.69, 9.17) is 28.2 Å². The van der Waals surface area contributed by atoms with Crippen molar-refractivity contribution in [2.75, 3.05) is 7.11 Å². The standard InChI is InChI=1S/C21H20BFN2O6/c1-30-13-5-6-16(23)12(9-13)11-31-17-4-2-3-14-15(17)10-25(19(14)28)21(22,20(24)29)8-7-18(26)27/h2-6,9H,7-8,10-11H2,1H3,(H2,24,29)(H,26,27)/t21-/m1/s1. The minimum Gasteiger partial charge on any atom is -0.497 e. The molecule has 0 fully saturated rings. The van der Waals surface area contributed by atoms with Crippen molar-refractivity contribution in [3.63, 3.8) is 0 Å². The lowest BCUT2D eigenvalue weighted by atomic mass is 9.72. The molecule has 3 N–H and O–H groups in total. The van der Waals surface area contributed by atoms with Crippen molar-refractivity contribution in [1.29, 1.82) is 0 Å². The fourth-order valence-electron chi connectivity index (χ4n) is 3.39. The molecule has 2 radical (unpaired) electrons. The summed E-state index contributed by atoms with van der Waals surface area (Å²) in [7, 11) is 7.56. The minimum absolute atomic E-state index is 0.107. The first-order valence-corrected chi connectivity index (χ1v) is 9.37. The Kier molecular flexibility index (Phi) is 6.19. The van der Waals surface area contributed by atoms with Gasteiger partial charge >= 0.3 is 5.97 Å². The Labute approximate surface area is 179 Å². The molecule has 3 rings (SSSR count). The average molecular weight is 426 g/mol. The highest BCUT2D eigenvalue weighted by molar-refractivity contribution is 6.30. The van der Waals surface area contributed by atoms with Crippen LogP contribution in [0.3, 0.4) is 0 Å². The lowest BCUT2D eigenvalue weighted by Gasteiger charge is -2.36. The van der Waals surface area contributed by atoms with E-state index in [1.165, 1.54) is 31.4 Å². The molecule has 1 heterocycles. The molecule has 1 atom stereocenters. The van der Waals surface area contributed by atoms with Crippen LogP contribution in [0, 0.1) is 5.82 Å². The zero-order valence-corrected chi connectivity index (χ0v) is 16.8. The summed E-state index contributed by atoms with van der Waals surface area (Å²) in [5.41, 5.74) is 4.38. The number of benzene rings is 2. The number of halogens is 1. The summed E-state index contributed by atoms with van der Waals surface area (Å²) in [4.78, 5) is 37.0. The van der Waals surface area contributed by atoms with E-state index in [0.29, 0.717) is 17.1 Å². The van der Waals surface area contributed by atoms with Crippen LogP contribution in [0.5, 0.6) is 11.5 Å². The van der Waals surface area contributed by atoms with E-state index < -0.39 is 35.5 Å². The zero-order chi connectivity index (χ0) is 22.8. The van der Waals surface area contributed by atoms with Crippen LogP contribution in [0.4, 0.5) is 4.39 Å². The minimum atomic E-state index is -1.98. The van der Waals surface area contributed by atoms with Crippen LogP contribution in [-0.2, 0) is 22.7 Å². The molecule has 0 unspecified atom stereocenters. The second-order valence-electron chi connectivity index (χ2n) is 7.10. The average Bonchev–Trinajstić information content (AvgIpc) is 3.09. The monoisotopic (exact) mass is 426 g/mol. The van der Waals surface area contributed by atoms with Gasteiger partial charge < -0.3 is 25.2 Å². The Morgan fingerprint density at radius 1 is 1.32 bits per heavy atom. The number of methoxy groups -OCH3 is 1. The summed E-state index contributed by atoms with van der Waals surface area (Å²) in [5.74, 6) is -2.47. The quantitative estimate of drug-likeness (QED) is 0.588. The first-order valence-electron chi connectivity index (χ1n) is 9.37. The maximum atomic E-state index is 14.1. The highest BCUT2D eigenvalue weighted by Gasteiger charge is 2.45. The highest BCUT2D eigenvalue weighted by Crippen LogP contribution is 2.36. The van der Waals surface area contributed by atoms with Crippen molar-refractivity contribution in [2.24, 2.45) is 5.73 Å². The summed E-state index contributed by atoms with van der Waals surface area (Å²) in [6, 6.07) is 8.97. The number of nitrogens with two attached hydrogens (primary N) is 1. The maximum absolute atomic E-state index is 14.1. The predicted molar refractivity (Wildman–Crippen MR) is 108 cm³/mol. The van der Waals surface area contributed by atoms with E-state index in [2.05, 4.69) is 0 Å². The van der Waals surface area contributed by atoms with Gasteiger partial charge in [-0.15, -0.1) is 0 Å². The van der Waals surface area contributed by atoms with Crippen LogP contribution < -0.4 is 15.2 Å². The first kappa shape index (κ1) is 22.1. The Morgan fingerprint density at radius 3 is 2.71 bits per heavy atom. The smallest absolute Gasteiger partial charge is 0.303 e. The molecule has 0 spiro atoms. The largest absolute Gasteiger partial charge is 0.497 e. The molecule has 2 aromatic carbocycles. The number of hydrogen-bond donors (Lipinski definition) is 2. The second kappa shape index (κ2) is 8.67. The number of carbonyl (C=O) groups is 3. The van der Waals surface area contributed by atoms with Gasteiger partial charge in [-0.2, -0.15) is 0 Å². The van der Waals surface area contributed by atoms with Crippen molar-refractivity contribution >= 4 is 25.6 Å². The van der Waals surface area contributed by atoms with Gasteiger partial charge in [0.2, 0.25) is 5.91 Å². The molecular formula is C21H20BFN2O6. The van der Waals surface area contributed by atoms with Gasteiger partial charge in [0.1, 0.15) is 31.8 Å². The van der Waals surface area contributed by atoms with Crippen LogP contribution in [-0.4, -0.2) is 48.2 Å². The summed E-state index contributed by atoms with van der Waals surface area (Å²) in [5, 5.41) is 8.95. The number of aliphatic carboxylic acids is 1. The second-order valence-corrected chi connectivity index (χ2v) is 7.10. The Morgan fingerprint density at radius 2 is 2.06 bits per heavy atom. The number of ether oxygens (including phenoxy) is 2. The van der Waals surface area contributed by atoms with Crippen LogP contribution in [0.25, 0.3) is 0 Å². The zero-order valence-electron chi connectivity index (χ0n) is 16.8. The number of nitrogens with zero attached hydrogens (tertiary/aromatic N) is 1.